The van der Waals surface area contributed by atoms with Crippen molar-refractivity contribution in [3.63, 3.8) is 0 Å². The maximum atomic E-state index is 16.5. The van der Waals surface area contributed by atoms with E-state index in [2.05, 4.69) is 10.6 Å². The number of ether oxygens (including phenoxy) is 10. The number of carboxylic acids is 2. The van der Waals surface area contributed by atoms with E-state index in [4.69, 9.17) is 47.4 Å². The summed E-state index contributed by atoms with van der Waals surface area (Å²) in [6.07, 6.45) is -1.73. The lowest BCUT2D eigenvalue weighted by molar-refractivity contribution is -0.141. The van der Waals surface area contributed by atoms with Crippen molar-refractivity contribution in [1.82, 2.24) is 40.0 Å². The Morgan fingerprint density at radius 2 is 0.722 bits per heavy atom. The van der Waals surface area contributed by atoms with Crippen LogP contribution in [0.1, 0.15) is 74.9 Å². The summed E-state index contributed by atoms with van der Waals surface area (Å²) >= 11 is 0. The highest BCUT2D eigenvalue weighted by atomic mass is 16.6. The molecule has 6 aliphatic heterocycles. The third kappa shape index (κ3) is 13.9. The van der Waals surface area contributed by atoms with Gasteiger partial charge in [-0.2, -0.15) is 0 Å². The molecule has 4 aromatic carbocycles. The van der Waals surface area contributed by atoms with Crippen LogP contribution in [0.15, 0.2) is 84.9 Å². The molecule has 486 valence electrons. The Morgan fingerprint density at radius 3 is 0.978 bits per heavy atom. The van der Waals surface area contributed by atoms with Crippen LogP contribution in [0, 0.1) is 0 Å². The summed E-state index contributed by atoms with van der Waals surface area (Å²) in [5.74, 6) is -0.816. The smallest absolute Gasteiger partial charge is 0.408 e. The number of amides is 6. The van der Waals surface area contributed by atoms with Gasteiger partial charge in [-0.15, -0.1) is 0 Å². The predicted molar refractivity (Wildman–Crippen MR) is 322 cm³/mol. The molecule has 0 aromatic heterocycles. The molecule has 2 fully saturated rings. The average molecular weight is 1250 g/mol. The van der Waals surface area contributed by atoms with E-state index in [9.17, 15) is 29.4 Å². The molecule has 6 amide bonds. The standard InChI is InChI=1S/C64H82N8O18/c1-61(2,3)89-57(77)65-49(55(73)74)41-67-21-25-81-29-33-85-51-17-19-53-47-39-71-60(80)72-40-48-46(38-70-59(79)69(37-45(47)51)63(71,43-13-9-7-10-14-43)64(70,72)44-15-11-8-12-16-44)52(86-34-30-82-26-22-67)18-20-54(48)88-36-32-84-28-24-68(23-27-83-31-35-87-53)42-50(56(75)76)66-58(78)90-62(4,5)6/h7-20,49-50H,21-42H2,1-6H3,(H,65,77)(H,66,78)(H,73,74)(H,75,76). The molecule has 0 aliphatic carbocycles. The molecule has 2 saturated heterocycles. The van der Waals surface area contributed by atoms with Gasteiger partial charge < -0.3 is 68.2 Å². The Morgan fingerprint density at radius 1 is 0.444 bits per heavy atom. The molecule has 8 bridgehead atoms. The van der Waals surface area contributed by atoms with Crippen LogP contribution in [-0.4, -0.2) is 218 Å². The highest BCUT2D eigenvalue weighted by molar-refractivity contribution is 5.91. The summed E-state index contributed by atoms with van der Waals surface area (Å²) in [6, 6.07) is 23.0. The second-order valence-electron chi connectivity index (χ2n) is 24.5. The SMILES string of the molecule is CC(C)(C)OC(=O)NC(CN1CCOCCOc2ccc3c4c2CN2C(=O)N5Cc6c(ccc(c6CN6C(=O)N(C4)C2(c2ccccc2)C56c2ccccc2)OCCOCCN(CC(NC(=O)OC(C)(C)C)C(=O)O)CCOCCO3)OCCOCC1)C(=O)O. The minimum atomic E-state index is -1.57. The van der Waals surface area contributed by atoms with Crippen molar-refractivity contribution in [1.29, 1.82) is 0 Å². The van der Waals surface area contributed by atoms with E-state index in [0.717, 1.165) is 0 Å². The third-order valence-corrected chi connectivity index (χ3v) is 16.3. The minimum Gasteiger partial charge on any atom is -0.491 e. The zero-order chi connectivity index (χ0) is 63.8. The summed E-state index contributed by atoms with van der Waals surface area (Å²) in [5, 5.41) is 25.5. The van der Waals surface area contributed by atoms with Crippen molar-refractivity contribution in [2.24, 2.45) is 0 Å². The van der Waals surface area contributed by atoms with Crippen molar-refractivity contribution in [2.75, 3.05) is 119 Å². The summed E-state index contributed by atoms with van der Waals surface area (Å²) in [7, 11) is 0. The van der Waals surface area contributed by atoms with Crippen LogP contribution in [0.5, 0.6) is 23.0 Å². The number of benzene rings is 4. The highest BCUT2D eigenvalue weighted by Crippen LogP contribution is 2.66. The Kier molecular flexibility index (Phi) is 20.1. The van der Waals surface area contributed by atoms with Crippen molar-refractivity contribution >= 4 is 36.2 Å². The highest BCUT2D eigenvalue weighted by Gasteiger charge is 2.81. The van der Waals surface area contributed by atoms with E-state index < -0.39 is 58.7 Å². The summed E-state index contributed by atoms with van der Waals surface area (Å²) < 4.78 is 62.1. The first-order valence-corrected chi connectivity index (χ1v) is 30.5. The third-order valence-electron chi connectivity index (χ3n) is 16.3. The van der Waals surface area contributed by atoms with Crippen LogP contribution in [0.25, 0.3) is 0 Å². The quantitative estimate of drug-likeness (QED) is 0.147. The van der Waals surface area contributed by atoms with E-state index in [1.54, 1.807) is 85.4 Å². The number of rotatable bonds is 10. The van der Waals surface area contributed by atoms with Gasteiger partial charge in [0.15, 0.2) is 11.3 Å². The van der Waals surface area contributed by atoms with Crippen molar-refractivity contribution in [3.8, 4) is 23.0 Å². The van der Waals surface area contributed by atoms with Crippen molar-refractivity contribution in [3.05, 3.63) is 118 Å². The molecular formula is C64H82N8O18. The number of carbonyl (C=O) groups excluding carboxylic acids is 4. The van der Waals surface area contributed by atoms with Crippen LogP contribution < -0.4 is 29.6 Å². The molecular weight excluding hydrogens is 1170 g/mol. The molecule has 4 aromatic rings. The van der Waals surface area contributed by atoms with E-state index >= 15 is 9.59 Å². The van der Waals surface area contributed by atoms with Gasteiger partial charge in [0.2, 0.25) is 0 Å². The van der Waals surface area contributed by atoms with Gasteiger partial charge in [-0.1, -0.05) is 60.7 Å². The number of carbonyl (C=O) groups is 6. The number of alkyl carbamates (subject to hydrolysis) is 2. The minimum absolute atomic E-state index is 0.0488. The monoisotopic (exact) mass is 1250 g/mol. The van der Waals surface area contributed by atoms with Gasteiger partial charge in [-0.05, 0) is 65.8 Å². The molecule has 10 rings (SSSR count). The van der Waals surface area contributed by atoms with Gasteiger partial charge in [0.25, 0.3) is 0 Å². The molecule has 0 radical (unpaired) electrons. The molecule has 0 spiro atoms. The van der Waals surface area contributed by atoms with Crippen molar-refractivity contribution < 1.29 is 86.3 Å². The molecule has 6 aliphatic rings. The first-order chi connectivity index (χ1) is 43.2. The lowest BCUT2D eigenvalue weighted by Gasteiger charge is -2.49. The topological polar surface area (TPSA) is 279 Å². The lowest BCUT2D eigenvalue weighted by atomic mass is 9.79. The van der Waals surface area contributed by atoms with Gasteiger partial charge in [0.1, 0.15) is 72.7 Å². The number of nitrogens with one attached hydrogen (secondary N) is 2. The molecule has 0 saturated carbocycles. The fourth-order valence-corrected chi connectivity index (χ4v) is 12.6. The molecule has 26 nitrogen and oxygen atoms in total. The zero-order valence-electron chi connectivity index (χ0n) is 51.9. The van der Waals surface area contributed by atoms with Gasteiger partial charge in [0.05, 0.1) is 79.0 Å². The van der Waals surface area contributed by atoms with Crippen LogP contribution in [0.3, 0.4) is 0 Å². The van der Waals surface area contributed by atoms with Crippen molar-refractivity contribution in [2.45, 2.75) is 102 Å². The first-order valence-electron chi connectivity index (χ1n) is 30.5. The van der Waals surface area contributed by atoms with Crippen LogP contribution in [0.2, 0.25) is 0 Å². The average Bonchev–Trinajstić information content (AvgIpc) is 1.47. The second kappa shape index (κ2) is 27.9. The molecule has 6 heterocycles. The first kappa shape index (κ1) is 64.8. The van der Waals surface area contributed by atoms with Crippen LogP contribution in [0.4, 0.5) is 19.2 Å². The number of aliphatic carboxylic acids is 2. The summed E-state index contributed by atoms with van der Waals surface area (Å²) in [5.41, 5.74) is -1.11. The summed E-state index contributed by atoms with van der Waals surface area (Å²) in [6.45, 7) is 11.9. The maximum absolute atomic E-state index is 16.5. The van der Waals surface area contributed by atoms with Crippen LogP contribution >= 0.6 is 0 Å². The number of hydrogen-bond donors (Lipinski definition) is 4. The molecule has 2 unspecified atom stereocenters. The van der Waals surface area contributed by atoms with E-state index in [1.165, 1.54) is 0 Å². The molecule has 26 heteroatoms. The predicted octanol–water partition coefficient (Wildman–Crippen LogP) is 5.76. The van der Waals surface area contributed by atoms with Gasteiger partial charge >= 0.3 is 36.2 Å². The number of carboxylic acid groups (broad SMARTS) is 2. The fraction of sp³-hybridized carbons (Fsp3) is 0.531. The molecule has 4 N–H and O–H groups in total. The normalized spacial score (nSPS) is 22.3. The zero-order valence-corrected chi connectivity index (χ0v) is 51.9. The number of urea groups is 2. The molecule has 2 atom stereocenters. The Labute approximate surface area is 523 Å². The fourth-order valence-electron chi connectivity index (χ4n) is 12.6. The van der Waals surface area contributed by atoms with Gasteiger partial charge in [-0.3, -0.25) is 29.4 Å². The van der Waals surface area contributed by atoms with E-state index in [0.29, 0.717) is 56.4 Å². The van der Waals surface area contributed by atoms with Crippen LogP contribution in [-0.2, 0) is 75.5 Å². The van der Waals surface area contributed by atoms with Gasteiger partial charge in [-0.25, -0.2) is 28.8 Å². The lowest BCUT2D eigenvalue weighted by Crippen LogP contribution is -2.62. The number of nitrogens with zero attached hydrogens (tertiary/aromatic N) is 6. The van der Waals surface area contributed by atoms with E-state index in [1.807, 2.05) is 70.5 Å². The summed E-state index contributed by atoms with van der Waals surface area (Å²) in [4.78, 5) is 94.5. The Balaban J connectivity index is 1.05. The maximum Gasteiger partial charge on any atom is 0.408 e. The molecule has 90 heavy (non-hydrogen) atoms. The second-order valence-corrected chi connectivity index (χ2v) is 24.5. The Bertz CT molecular complexity index is 2900. The van der Waals surface area contributed by atoms with E-state index in [-0.39, 0.29) is 157 Å². The Hall–Kier alpha value is -8.14. The number of hydrogen-bond acceptors (Lipinski definition) is 18. The largest absolute Gasteiger partial charge is 0.491 e. The van der Waals surface area contributed by atoms with Gasteiger partial charge in [0, 0.05) is 72.6 Å².